The lowest BCUT2D eigenvalue weighted by molar-refractivity contribution is 0.501. The van der Waals surface area contributed by atoms with Gasteiger partial charge in [0.1, 0.15) is 17.9 Å². The summed E-state index contributed by atoms with van der Waals surface area (Å²) >= 11 is 0. The second kappa shape index (κ2) is 11.5. The van der Waals surface area contributed by atoms with E-state index in [0.29, 0.717) is 13.1 Å². The lowest BCUT2D eigenvalue weighted by Gasteiger charge is -2.13. The Morgan fingerprint density at radius 2 is 2.04 bits per heavy atom. The van der Waals surface area contributed by atoms with E-state index in [4.69, 9.17) is 9.41 Å². The van der Waals surface area contributed by atoms with E-state index in [1.165, 1.54) is 11.1 Å². The normalized spacial score (nSPS) is 11.1. The molecule has 0 saturated heterocycles. The molecule has 0 saturated carbocycles. The van der Waals surface area contributed by atoms with Gasteiger partial charge in [0.05, 0.1) is 19.4 Å². The van der Waals surface area contributed by atoms with Gasteiger partial charge in [0, 0.05) is 19.5 Å². The fourth-order valence-electron chi connectivity index (χ4n) is 2.74. The van der Waals surface area contributed by atoms with E-state index in [2.05, 4.69) is 51.4 Å². The van der Waals surface area contributed by atoms with Crippen LogP contribution in [-0.4, -0.2) is 27.3 Å². The predicted molar refractivity (Wildman–Crippen MR) is 121 cm³/mol. The summed E-state index contributed by atoms with van der Waals surface area (Å²) in [5, 5.41) is 14.8. The van der Waals surface area contributed by atoms with Gasteiger partial charge in [-0.2, -0.15) is 0 Å². The molecule has 3 aromatic rings. The van der Waals surface area contributed by atoms with Crippen LogP contribution in [0.25, 0.3) is 0 Å². The lowest BCUT2D eigenvalue weighted by Crippen LogP contribution is -2.38. The van der Waals surface area contributed by atoms with Crippen LogP contribution in [0.15, 0.2) is 58.4 Å². The van der Waals surface area contributed by atoms with Gasteiger partial charge in [-0.05, 0) is 30.2 Å². The van der Waals surface area contributed by atoms with Crippen LogP contribution in [0.1, 0.15) is 29.6 Å². The van der Waals surface area contributed by atoms with Crippen LogP contribution in [0.2, 0.25) is 0 Å². The molecule has 0 aliphatic rings. The van der Waals surface area contributed by atoms with E-state index in [1.54, 1.807) is 12.6 Å². The average Bonchev–Trinajstić information content (AvgIpc) is 3.36. The molecule has 0 radical (unpaired) electrons. The first-order valence-corrected chi connectivity index (χ1v) is 9.22. The smallest absolute Gasteiger partial charge is 0.192 e. The van der Waals surface area contributed by atoms with E-state index in [9.17, 15) is 0 Å². The summed E-state index contributed by atoms with van der Waals surface area (Å²) in [5.74, 6) is 2.60. The molecular formula is C20H27IN6O. The Hall–Kier alpha value is -2.36. The zero-order chi connectivity index (χ0) is 18.9. The van der Waals surface area contributed by atoms with Crippen molar-refractivity contribution < 1.29 is 4.42 Å². The van der Waals surface area contributed by atoms with Crippen molar-refractivity contribution in [2.45, 2.75) is 39.9 Å². The molecule has 3 rings (SSSR count). The first-order valence-electron chi connectivity index (χ1n) is 9.22. The largest absolute Gasteiger partial charge is 0.467 e. The minimum absolute atomic E-state index is 0. The third kappa shape index (κ3) is 6.36. The highest BCUT2D eigenvalue weighted by Gasteiger charge is 2.04. The number of nitrogens with one attached hydrogen (secondary N) is 2. The molecule has 2 N–H and O–H groups in total. The van der Waals surface area contributed by atoms with E-state index in [-0.39, 0.29) is 24.0 Å². The molecule has 0 spiro atoms. The summed E-state index contributed by atoms with van der Waals surface area (Å²) in [6, 6.07) is 12.1. The van der Waals surface area contributed by atoms with Crippen LogP contribution in [-0.2, 0) is 26.1 Å². The van der Waals surface area contributed by atoms with E-state index >= 15 is 0 Å². The molecule has 0 aliphatic carbocycles. The second-order valence-corrected chi connectivity index (χ2v) is 6.25. The van der Waals surface area contributed by atoms with Crippen molar-refractivity contribution in [3.63, 3.8) is 0 Å². The van der Waals surface area contributed by atoms with Gasteiger partial charge in [0.15, 0.2) is 5.96 Å². The molecule has 2 aromatic heterocycles. The van der Waals surface area contributed by atoms with Crippen LogP contribution in [0, 0.1) is 6.92 Å². The number of nitrogens with zero attached hydrogens (tertiary/aromatic N) is 4. The van der Waals surface area contributed by atoms with Crippen molar-refractivity contribution in [1.82, 2.24) is 25.4 Å². The van der Waals surface area contributed by atoms with Crippen molar-refractivity contribution >= 4 is 29.9 Å². The number of hydrogen-bond acceptors (Lipinski definition) is 4. The summed E-state index contributed by atoms with van der Waals surface area (Å²) in [6.07, 6.45) is 4.30. The maximum absolute atomic E-state index is 5.39. The molecule has 0 aliphatic heterocycles. The zero-order valence-corrected chi connectivity index (χ0v) is 18.6. The monoisotopic (exact) mass is 494 g/mol. The van der Waals surface area contributed by atoms with Crippen molar-refractivity contribution in [2.75, 3.05) is 6.54 Å². The minimum atomic E-state index is 0. The summed E-state index contributed by atoms with van der Waals surface area (Å²) in [5.41, 5.74) is 2.45. The number of benzene rings is 1. The Morgan fingerprint density at radius 3 is 2.79 bits per heavy atom. The van der Waals surface area contributed by atoms with E-state index < -0.39 is 0 Å². The SMILES string of the molecule is CCc1nncn1CCNC(=NCc1ccccc1C)NCc1ccco1.I. The molecule has 0 amide bonds. The molecule has 150 valence electrons. The molecule has 1 aromatic carbocycles. The van der Waals surface area contributed by atoms with E-state index in [0.717, 1.165) is 37.1 Å². The average molecular weight is 494 g/mol. The van der Waals surface area contributed by atoms with Gasteiger partial charge >= 0.3 is 0 Å². The summed E-state index contributed by atoms with van der Waals surface area (Å²) in [7, 11) is 0. The highest BCUT2D eigenvalue weighted by atomic mass is 127. The van der Waals surface area contributed by atoms with Crippen LogP contribution >= 0.6 is 24.0 Å². The van der Waals surface area contributed by atoms with Crippen LogP contribution < -0.4 is 10.6 Å². The van der Waals surface area contributed by atoms with Crippen LogP contribution in [0.3, 0.4) is 0 Å². The number of aromatic nitrogens is 3. The lowest BCUT2D eigenvalue weighted by atomic mass is 10.1. The number of hydrogen-bond donors (Lipinski definition) is 2. The molecule has 8 heteroatoms. The third-order valence-corrected chi connectivity index (χ3v) is 4.34. The maximum Gasteiger partial charge on any atom is 0.192 e. The van der Waals surface area contributed by atoms with Gasteiger partial charge in [-0.1, -0.05) is 31.2 Å². The zero-order valence-electron chi connectivity index (χ0n) is 16.3. The predicted octanol–water partition coefficient (Wildman–Crippen LogP) is 3.30. The molecule has 7 nitrogen and oxygen atoms in total. The van der Waals surface area contributed by atoms with Gasteiger partial charge in [0.2, 0.25) is 0 Å². The fraction of sp³-hybridized carbons (Fsp3) is 0.350. The van der Waals surface area contributed by atoms with Gasteiger partial charge in [-0.3, -0.25) is 0 Å². The summed E-state index contributed by atoms with van der Waals surface area (Å²) < 4.78 is 7.45. The Balaban J connectivity index is 0.00000280. The highest BCUT2D eigenvalue weighted by Crippen LogP contribution is 2.08. The number of furan rings is 1. The van der Waals surface area contributed by atoms with E-state index in [1.807, 2.05) is 24.3 Å². The Labute approximate surface area is 182 Å². The van der Waals surface area contributed by atoms with Gasteiger partial charge in [0.25, 0.3) is 0 Å². The standard InChI is InChI=1S/C20H26N6O.HI/c1-3-19-25-24-15-26(19)11-10-21-20(23-14-18-9-6-12-27-18)22-13-17-8-5-4-7-16(17)2;/h4-9,12,15H,3,10-11,13-14H2,1-2H3,(H2,21,22,23);1H. The third-order valence-electron chi connectivity index (χ3n) is 4.34. The molecule has 2 heterocycles. The second-order valence-electron chi connectivity index (χ2n) is 6.25. The molecule has 0 bridgehead atoms. The van der Waals surface area contributed by atoms with Crippen molar-refractivity contribution in [2.24, 2.45) is 4.99 Å². The molecule has 28 heavy (non-hydrogen) atoms. The van der Waals surface area contributed by atoms with Crippen molar-refractivity contribution in [1.29, 1.82) is 0 Å². The Bertz CT molecular complexity index is 859. The first kappa shape index (κ1) is 21.9. The maximum atomic E-state index is 5.39. The number of guanidine groups is 1. The molecule has 0 atom stereocenters. The van der Waals surface area contributed by atoms with Gasteiger partial charge in [-0.25, -0.2) is 4.99 Å². The topological polar surface area (TPSA) is 80.3 Å². The molecular weight excluding hydrogens is 467 g/mol. The fourth-order valence-corrected chi connectivity index (χ4v) is 2.74. The van der Waals surface area contributed by atoms with Crippen molar-refractivity contribution in [3.05, 3.63) is 71.7 Å². The Kier molecular flexibility index (Phi) is 8.99. The Morgan fingerprint density at radius 1 is 1.18 bits per heavy atom. The molecule has 0 fully saturated rings. The highest BCUT2D eigenvalue weighted by molar-refractivity contribution is 14.0. The summed E-state index contributed by atoms with van der Waals surface area (Å²) in [4.78, 5) is 4.73. The van der Waals surface area contributed by atoms with Gasteiger partial charge in [-0.15, -0.1) is 34.2 Å². The summed E-state index contributed by atoms with van der Waals surface area (Å²) in [6.45, 7) is 6.89. The molecule has 0 unspecified atom stereocenters. The number of aliphatic imine (C=N–C) groups is 1. The number of aryl methyl sites for hydroxylation is 2. The number of halogens is 1. The van der Waals surface area contributed by atoms with Gasteiger partial charge < -0.3 is 19.6 Å². The first-order chi connectivity index (χ1) is 13.3. The van der Waals surface area contributed by atoms with Crippen molar-refractivity contribution in [3.8, 4) is 0 Å². The van der Waals surface area contributed by atoms with Crippen LogP contribution in [0.5, 0.6) is 0 Å². The van der Waals surface area contributed by atoms with Crippen LogP contribution in [0.4, 0.5) is 0 Å². The number of rotatable bonds is 8. The quantitative estimate of drug-likeness (QED) is 0.286. The minimum Gasteiger partial charge on any atom is -0.467 e.